The third-order valence-corrected chi connectivity index (χ3v) is 4.73. The lowest BCUT2D eigenvalue weighted by molar-refractivity contribution is -0.154. The van der Waals surface area contributed by atoms with Gasteiger partial charge in [-0.15, -0.1) is 6.58 Å². The number of halogens is 3. The Labute approximate surface area is 171 Å². The van der Waals surface area contributed by atoms with Crippen LogP contribution >= 0.6 is 0 Å². The number of benzene rings is 2. The van der Waals surface area contributed by atoms with E-state index in [0.29, 0.717) is 5.56 Å². The molecule has 1 fully saturated rings. The van der Waals surface area contributed by atoms with Crippen LogP contribution in [0.4, 0.5) is 24.5 Å². The molecular weight excluding hydrogens is 399 g/mol. The SMILES string of the molecule is C=CCNC(=O)C1(O)CN(C(=O)c2ccc(F)c(F)c2Nc2ccc(C)cc2F)C1. The Bertz CT molecular complexity index is 1020. The van der Waals surface area contributed by atoms with Gasteiger partial charge in [0.2, 0.25) is 0 Å². The van der Waals surface area contributed by atoms with Crippen LogP contribution < -0.4 is 10.6 Å². The summed E-state index contributed by atoms with van der Waals surface area (Å²) in [7, 11) is 0. The van der Waals surface area contributed by atoms with Crippen molar-refractivity contribution in [3.63, 3.8) is 0 Å². The van der Waals surface area contributed by atoms with E-state index in [9.17, 15) is 27.9 Å². The Morgan fingerprint density at radius 2 is 1.90 bits per heavy atom. The molecular formula is C21H20F3N3O3. The van der Waals surface area contributed by atoms with Crippen molar-refractivity contribution in [2.24, 2.45) is 0 Å². The van der Waals surface area contributed by atoms with Gasteiger partial charge >= 0.3 is 0 Å². The number of hydrogen-bond donors (Lipinski definition) is 3. The van der Waals surface area contributed by atoms with Gasteiger partial charge in [-0.05, 0) is 36.8 Å². The second-order valence-electron chi connectivity index (χ2n) is 7.08. The first-order valence-electron chi connectivity index (χ1n) is 9.08. The summed E-state index contributed by atoms with van der Waals surface area (Å²) in [6, 6.07) is 5.96. The van der Waals surface area contributed by atoms with Crippen molar-refractivity contribution in [1.29, 1.82) is 0 Å². The summed E-state index contributed by atoms with van der Waals surface area (Å²) in [4.78, 5) is 25.9. The van der Waals surface area contributed by atoms with E-state index in [0.717, 1.165) is 17.0 Å². The molecule has 2 aromatic rings. The number of amides is 2. The molecule has 1 saturated heterocycles. The normalized spacial score (nSPS) is 14.6. The highest BCUT2D eigenvalue weighted by molar-refractivity contribution is 6.02. The largest absolute Gasteiger partial charge is 0.377 e. The molecule has 2 aromatic carbocycles. The first-order valence-corrected chi connectivity index (χ1v) is 9.08. The van der Waals surface area contributed by atoms with Gasteiger partial charge in [0.05, 0.1) is 30.0 Å². The summed E-state index contributed by atoms with van der Waals surface area (Å²) >= 11 is 0. The number of aliphatic hydroxyl groups is 1. The number of aryl methyl sites for hydroxylation is 1. The Morgan fingerprint density at radius 3 is 2.53 bits per heavy atom. The lowest BCUT2D eigenvalue weighted by atomic mass is 9.92. The zero-order valence-electron chi connectivity index (χ0n) is 16.1. The molecule has 9 heteroatoms. The zero-order chi connectivity index (χ0) is 22.1. The predicted octanol–water partition coefficient (Wildman–Crippen LogP) is 2.65. The Kier molecular flexibility index (Phi) is 5.84. The monoisotopic (exact) mass is 419 g/mol. The first kappa shape index (κ1) is 21.4. The fourth-order valence-corrected chi connectivity index (χ4v) is 3.08. The molecule has 0 radical (unpaired) electrons. The Hall–Kier alpha value is -3.33. The average Bonchev–Trinajstić information content (AvgIpc) is 2.68. The van der Waals surface area contributed by atoms with Gasteiger partial charge in [0, 0.05) is 6.54 Å². The van der Waals surface area contributed by atoms with Crippen molar-refractivity contribution in [1.82, 2.24) is 10.2 Å². The van der Waals surface area contributed by atoms with Crippen LogP contribution in [0.5, 0.6) is 0 Å². The molecule has 0 aliphatic carbocycles. The summed E-state index contributed by atoms with van der Waals surface area (Å²) in [6.45, 7) is 4.61. The number of rotatable bonds is 6. The van der Waals surface area contributed by atoms with Crippen LogP contribution in [0.3, 0.4) is 0 Å². The van der Waals surface area contributed by atoms with Crippen molar-refractivity contribution < 1.29 is 27.9 Å². The van der Waals surface area contributed by atoms with Gasteiger partial charge in [-0.2, -0.15) is 0 Å². The standard InChI is InChI=1S/C21H20F3N3O3/c1-3-8-25-20(29)21(30)10-27(11-21)19(28)13-5-6-14(22)17(24)18(13)26-16-7-4-12(2)9-15(16)23/h3-7,9,26,30H,1,8,10-11H2,2H3,(H,25,29). The van der Waals surface area contributed by atoms with Crippen LogP contribution in [0.2, 0.25) is 0 Å². The lowest BCUT2D eigenvalue weighted by Gasteiger charge is -2.45. The van der Waals surface area contributed by atoms with E-state index in [1.807, 2.05) is 0 Å². The Morgan fingerprint density at radius 1 is 1.20 bits per heavy atom. The average molecular weight is 419 g/mol. The summed E-state index contributed by atoms with van der Waals surface area (Å²) in [5.41, 5.74) is -2.09. The fraction of sp³-hybridized carbons (Fsp3) is 0.238. The summed E-state index contributed by atoms with van der Waals surface area (Å²) < 4.78 is 42.4. The number of carbonyl (C=O) groups excluding carboxylic acids is 2. The maximum absolute atomic E-state index is 14.5. The second-order valence-corrected chi connectivity index (χ2v) is 7.08. The van der Waals surface area contributed by atoms with Gasteiger partial charge in [-0.3, -0.25) is 9.59 Å². The molecule has 158 valence electrons. The number of carbonyl (C=O) groups is 2. The number of β-amino-alcohol motifs (C(OH)–C–C–N with tert-alkyl or cyclic N) is 1. The van der Waals surface area contributed by atoms with Gasteiger partial charge in [-0.1, -0.05) is 12.1 Å². The van der Waals surface area contributed by atoms with E-state index in [1.54, 1.807) is 13.0 Å². The van der Waals surface area contributed by atoms with Crippen molar-refractivity contribution in [2.45, 2.75) is 12.5 Å². The molecule has 0 atom stereocenters. The van der Waals surface area contributed by atoms with Crippen LogP contribution in [0.1, 0.15) is 15.9 Å². The molecule has 1 aliphatic heterocycles. The molecule has 0 spiro atoms. The van der Waals surface area contributed by atoms with Gasteiger partial charge < -0.3 is 20.6 Å². The lowest BCUT2D eigenvalue weighted by Crippen LogP contribution is -2.69. The number of nitrogens with zero attached hydrogens (tertiary/aromatic N) is 1. The third-order valence-electron chi connectivity index (χ3n) is 4.73. The number of anilines is 2. The molecule has 30 heavy (non-hydrogen) atoms. The molecule has 1 heterocycles. The van der Waals surface area contributed by atoms with Crippen LogP contribution in [0.25, 0.3) is 0 Å². The van der Waals surface area contributed by atoms with Crippen LogP contribution in [-0.2, 0) is 4.79 Å². The molecule has 6 nitrogen and oxygen atoms in total. The summed E-state index contributed by atoms with van der Waals surface area (Å²) in [5, 5.41) is 15.2. The quantitative estimate of drug-likeness (QED) is 0.629. The Balaban J connectivity index is 1.84. The van der Waals surface area contributed by atoms with Gasteiger partial charge in [0.1, 0.15) is 5.82 Å². The van der Waals surface area contributed by atoms with Crippen molar-refractivity contribution in [3.05, 3.63) is 71.6 Å². The fourth-order valence-electron chi connectivity index (χ4n) is 3.08. The number of hydrogen-bond acceptors (Lipinski definition) is 4. The molecule has 3 N–H and O–H groups in total. The van der Waals surface area contributed by atoms with Gasteiger partial charge in [0.25, 0.3) is 11.8 Å². The first-order chi connectivity index (χ1) is 14.2. The maximum atomic E-state index is 14.5. The van der Waals surface area contributed by atoms with E-state index in [2.05, 4.69) is 17.2 Å². The highest BCUT2D eigenvalue weighted by Crippen LogP contribution is 2.31. The number of nitrogens with one attached hydrogen (secondary N) is 2. The molecule has 2 amide bonds. The zero-order valence-corrected chi connectivity index (χ0v) is 16.1. The number of likely N-dealkylation sites (tertiary alicyclic amines) is 1. The smallest absolute Gasteiger partial charge is 0.256 e. The predicted molar refractivity (Wildman–Crippen MR) is 105 cm³/mol. The maximum Gasteiger partial charge on any atom is 0.256 e. The minimum absolute atomic E-state index is 0.136. The molecule has 0 unspecified atom stereocenters. The van der Waals surface area contributed by atoms with Crippen LogP contribution in [0, 0.1) is 24.4 Å². The molecule has 0 aromatic heterocycles. The van der Waals surface area contributed by atoms with Crippen molar-refractivity contribution >= 4 is 23.2 Å². The summed E-state index contributed by atoms with van der Waals surface area (Å²) in [5.74, 6) is -4.68. The van der Waals surface area contributed by atoms with Crippen LogP contribution in [0.15, 0.2) is 43.0 Å². The van der Waals surface area contributed by atoms with E-state index < -0.39 is 40.6 Å². The minimum Gasteiger partial charge on any atom is -0.377 e. The molecule has 0 saturated carbocycles. The van der Waals surface area contributed by atoms with E-state index in [-0.39, 0.29) is 30.9 Å². The third kappa shape index (κ3) is 4.02. The van der Waals surface area contributed by atoms with Gasteiger partial charge in [-0.25, -0.2) is 13.2 Å². The molecule has 0 bridgehead atoms. The highest BCUT2D eigenvalue weighted by Gasteiger charge is 2.50. The summed E-state index contributed by atoms with van der Waals surface area (Å²) in [6.07, 6.45) is 1.44. The topological polar surface area (TPSA) is 81.7 Å². The van der Waals surface area contributed by atoms with E-state index >= 15 is 0 Å². The second kappa shape index (κ2) is 8.19. The molecule has 1 aliphatic rings. The highest BCUT2D eigenvalue weighted by atomic mass is 19.2. The van der Waals surface area contributed by atoms with E-state index in [1.165, 1.54) is 18.2 Å². The van der Waals surface area contributed by atoms with Crippen molar-refractivity contribution in [2.75, 3.05) is 25.0 Å². The molecule has 3 rings (SSSR count). The van der Waals surface area contributed by atoms with Gasteiger partial charge in [0.15, 0.2) is 17.2 Å². The minimum atomic E-state index is -1.78. The van der Waals surface area contributed by atoms with Crippen molar-refractivity contribution in [3.8, 4) is 0 Å². The van der Waals surface area contributed by atoms with E-state index in [4.69, 9.17) is 0 Å². The van der Waals surface area contributed by atoms with Crippen LogP contribution in [-0.4, -0.2) is 47.1 Å².